The van der Waals surface area contributed by atoms with Gasteiger partial charge in [0.15, 0.2) is 0 Å². The summed E-state index contributed by atoms with van der Waals surface area (Å²) in [6.45, 7) is 7.69. The largest absolute Gasteiger partial charge is 0.353 e. The van der Waals surface area contributed by atoms with Crippen LogP contribution in [0.2, 0.25) is 0 Å². The van der Waals surface area contributed by atoms with E-state index in [0.717, 1.165) is 48.6 Å². The van der Waals surface area contributed by atoms with E-state index in [4.69, 9.17) is 0 Å². The summed E-state index contributed by atoms with van der Waals surface area (Å²) in [5, 5.41) is 5.20. The maximum Gasteiger partial charge on any atom is 0.254 e. The van der Waals surface area contributed by atoms with E-state index in [0.29, 0.717) is 12.5 Å². The summed E-state index contributed by atoms with van der Waals surface area (Å²) >= 11 is 0. The summed E-state index contributed by atoms with van der Waals surface area (Å²) in [7, 11) is 0. The number of benzene rings is 2. The standard InChI is InChI=1S/C24H32N2O2/c1-17(2)13-14-18(3)25-23(27)20-10-7-15-26(16-20)24(28)22-12-6-9-19-8-4-5-11-21(19)22/h4-6,8-9,11-12,17-18,20H,7,10,13-16H2,1-3H3,(H,25,27). The molecular formula is C24H32N2O2. The lowest BCUT2D eigenvalue weighted by Gasteiger charge is -2.33. The molecule has 0 aromatic heterocycles. The average Bonchev–Trinajstić information content (AvgIpc) is 2.71. The summed E-state index contributed by atoms with van der Waals surface area (Å²) in [5.74, 6) is 0.644. The normalized spacial score (nSPS) is 18.3. The third kappa shape index (κ3) is 4.92. The molecule has 0 aliphatic carbocycles. The van der Waals surface area contributed by atoms with Crippen molar-refractivity contribution in [3.8, 4) is 0 Å². The minimum atomic E-state index is -0.117. The van der Waals surface area contributed by atoms with Crippen molar-refractivity contribution in [2.75, 3.05) is 13.1 Å². The molecule has 150 valence electrons. The van der Waals surface area contributed by atoms with Crippen molar-refractivity contribution in [2.24, 2.45) is 11.8 Å². The topological polar surface area (TPSA) is 49.4 Å². The molecule has 2 atom stereocenters. The van der Waals surface area contributed by atoms with Crippen molar-refractivity contribution in [1.82, 2.24) is 10.2 Å². The molecule has 1 N–H and O–H groups in total. The van der Waals surface area contributed by atoms with Crippen molar-refractivity contribution in [2.45, 2.75) is 52.5 Å². The van der Waals surface area contributed by atoms with Crippen LogP contribution in [0.5, 0.6) is 0 Å². The van der Waals surface area contributed by atoms with Crippen LogP contribution in [0.3, 0.4) is 0 Å². The van der Waals surface area contributed by atoms with E-state index >= 15 is 0 Å². The molecular weight excluding hydrogens is 348 g/mol. The second kappa shape index (κ2) is 9.22. The zero-order valence-corrected chi connectivity index (χ0v) is 17.3. The second-order valence-electron chi connectivity index (χ2n) is 8.50. The Morgan fingerprint density at radius 3 is 2.61 bits per heavy atom. The van der Waals surface area contributed by atoms with E-state index in [1.165, 1.54) is 0 Å². The van der Waals surface area contributed by atoms with E-state index < -0.39 is 0 Å². The average molecular weight is 381 g/mol. The van der Waals surface area contributed by atoms with Gasteiger partial charge in [0.2, 0.25) is 5.91 Å². The Balaban J connectivity index is 1.65. The Labute approximate surface area is 168 Å². The maximum absolute atomic E-state index is 13.2. The summed E-state index contributed by atoms with van der Waals surface area (Å²) in [5.41, 5.74) is 0.726. The van der Waals surface area contributed by atoms with Crippen molar-refractivity contribution in [1.29, 1.82) is 0 Å². The van der Waals surface area contributed by atoms with E-state index in [-0.39, 0.29) is 23.8 Å². The fourth-order valence-corrected chi connectivity index (χ4v) is 3.97. The highest BCUT2D eigenvalue weighted by atomic mass is 16.2. The first-order chi connectivity index (χ1) is 13.5. The predicted octanol–water partition coefficient (Wildman–Crippen LogP) is 4.63. The molecule has 0 radical (unpaired) electrons. The summed E-state index contributed by atoms with van der Waals surface area (Å²) in [4.78, 5) is 27.8. The van der Waals surface area contributed by atoms with E-state index in [1.807, 2.05) is 47.4 Å². The van der Waals surface area contributed by atoms with Crippen LogP contribution in [0.1, 0.15) is 56.8 Å². The number of amides is 2. The van der Waals surface area contributed by atoms with Crippen LogP contribution in [-0.4, -0.2) is 35.8 Å². The van der Waals surface area contributed by atoms with E-state index in [2.05, 4.69) is 26.1 Å². The number of carbonyl (C=O) groups excluding carboxylic acids is 2. The van der Waals surface area contributed by atoms with Gasteiger partial charge in [0.05, 0.1) is 5.92 Å². The number of carbonyl (C=O) groups is 2. The molecule has 1 fully saturated rings. The molecule has 1 aliphatic rings. The quantitative estimate of drug-likeness (QED) is 0.794. The Hall–Kier alpha value is -2.36. The zero-order chi connectivity index (χ0) is 20.1. The molecule has 1 saturated heterocycles. The smallest absolute Gasteiger partial charge is 0.254 e. The second-order valence-corrected chi connectivity index (χ2v) is 8.50. The van der Waals surface area contributed by atoms with Crippen LogP contribution in [0.15, 0.2) is 42.5 Å². The SMILES string of the molecule is CC(C)CCC(C)NC(=O)C1CCCN(C(=O)c2cccc3ccccc23)C1. The molecule has 28 heavy (non-hydrogen) atoms. The van der Waals surface area contributed by atoms with Crippen LogP contribution >= 0.6 is 0 Å². The molecule has 1 heterocycles. The highest BCUT2D eigenvalue weighted by Gasteiger charge is 2.30. The molecule has 4 nitrogen and oxygen atoms in total. The molecule has 0 saturated carbocycles. The fourth-order valence-electron chi connectivity index (χ4n) is 3.97. The lowest BCUT2D eigenvalue weighted by atomic mass is 9.95. The number of fused-ring (bicyclic) bond motifs is 1. The molecule has 0 spiro atoms. The number of piperidine rings is 1. The van der Waals surface area contributed by atoms with Gasteiger partial charge in [-0.05, 0) is 55.4 Å². The van der Waals surface area contributed by atoms with Gasteiger partial charge in [-0.25, -0.2) is 0 Å². The van der Waals surface area contributed by atoms with Gasteiger partial charge < -0.3 is 10.2 Å². The molecule has 3 rings (SSSR count). The molecule has 2 unspecified atom stereocenters. The molecule has 2 aromatic carbocycles. The lowest BCUT2D eigenvalue weighted by molar-refractivity contribution is -0.127. The molecule has 4 heteroatoms. The van der Waals surface area contributed by atoms with Crippen LogP contribution in [0.25, 0.3) is 10.8 Å². The van der Waals surface area contributed by atoms with Gasteiger partial charge in [0, 0.05) is 24.7 Å². The number of rotatable bonds is 6. The van der Waals surface area contributed by atoms with Crippen LogP contribution in [0, 0.1) is 11.8 Å². The predicted molar refractivity (Wildman–Crippen MR) is 114 cm³/mol. The first-order valence-corrected chi connectivity index (χ1v) is 10.5. The van der Waals surface area contributed by atoms with Crippen LogP contribution in [0.4, 0.5) is 0 Å². The third-order valence-electron chi connectivity index (χ3n) is 5.67. The third-order valence-corrected chi connectivity index (χ3v) is 5.67. The Morgan fingerprint density at radius 1 is 1.07 bits per heavy atom. The van der Waals surface area contributed by atoms with Gasteiger partial charge in [-0.2, -0.15) is 0 Å². The molecule has 1 aliphatic heterocycles. The highest BCUT2D eigenvalue weighted by Crippen LogP contribution is 2.24. The fraction of sp³-hybridized carbons (Fsp3) is 0.500. The number of likely N-dealkylation sites (tertiary alicyclic amines) is 1. The Kier molecular flexibility index (Phi) is 6.71. The van der Waals surface area contributed by atoms with Gasteiger partial charge in [-0.15, -0.1) is 0 Å². The number of nitrogens with one attached hydrogen (secondary N) is 1. The van der Waals surface area contributed by atoms with E-state index in [1.54, 1.807) is 0 Å². The minimum Gasteiger partial charge on any atom is -0.353 e. The zero-order valence-electron chi connectivity index (χ0n) is 17.3. The molecule has 2 aromatic rings. The molecule has 0 bridgehead atoms. The van der Waals surface area contributed by atoms with Crippen molar-refractivity contribution in [3.63, 3.8) is 0 Å². The molecule has 2 amide bonds. The van der Waals surface area contributed by atoms with E-state index in [9.17, 15) is 9.59 Å². The van der Waals surface area contributed by atoms with Gasteiger partial charge in [0.1, 0.15) is 0 Å². The van der Waals surface area contributed by atoms with Gasteiger partial charge in [-0.1, -0.05) is 50.2 Å². The lowest BCUT2D eigenvalue weighted by Crippen LogP contribution is -2.47. The van der Waals surface area contributed by atoms with Crippen LogP contribution < -0.4 is 5.32 Å². The number of nitrogens with zero attached hydrogens (tertiary/aromatic N) is 1. The number of hydrogen-bond acceptors (Lipinski definition) is 2. The van der Waals surface area contributed by atoms with Gasteiger partial charge in [-0.3, -0.25) is 9.59 Å². The first kappa shape index (κ1) is 20.4. The number of hydrogen-bond donors (Lipinski definition) is 1. The van der Waals surface area contributed by atoms with Crippen LogP contribution in [-0.2, 0) is 4.79 Å². The maximum atomic E-state index is 13.2. The van der Waals surface area contributed by atoms with Crippen molar-refractivity contribution >= 4 is 22.6 Å². The monoisotopic (exact) mass is 380 g/mol. The van der Waals surface area contributed by atoms with Crippen molar-refractivity contribution in [3.05, 3.63) is 48.0 Å². The minimum absolute atomic E-state index is 0.0298. The van der Waals surface area contributed by atoms with Gasteiger partial charge >= 0.3 is 0 Å². The first-order valence-electron chi connectivity index (χ1n) is 10.5. The summed E-state index contributed by atoms with van der Waals surface area (Å²) < 4.78 is 0. The Morgan fingerprint density at radius 2 is 1.82 bits per heavy atom. The summed E-state index contributed by atoms with van der Waals surface area (Å²) in [6, 6.07) is 14.0. The summed E-state index contributed by atoms with van der Waals surface area (Å²) in [6.07, 6.45) is 3.82. The van der Waals surface area contributed by atoms with Gasteiger partial charge in [0.25, 0.3) is 5.91 Å². The van der Waals surface area contributed by atoms with Crippen molar-refractivity contribution < 1.29 is 9.59 Å². The highest BCUT2D eigenvalue weighted by molar-refractivity contribution is 6.07. The Bertz CT molecular complexity index is 825.